The molecular formula is C18H28N4O. The van der Waals surface area contributed by atoms with Crippen LogP contribution in [0.3, 0.4) is 0 Å². The van der Waals surface area contributed by atoms with E-state index in [2.05, 4.69) is 48.1 Å². The van der Waals surface area contributed by atoms with Gasteiger partial charge in [-0.25, -0.2) is 0 Å². The van der Waals surface area contributed by atoms with Crippen LogP contribution >= 0.6 is 0 Å². The van der Waals surface area contributed by atoms with Gasteiger partial charge in [0, 0.05) is 37.0 Å². The molecule has 0 atom stereocenters. The Morgan fingerprint density at radius 1 is 1.26 bits per heavy atom. The third kappa shape index (κ3) is 4.33. The van der Waals surface area contributed by atoms with Crippen LogP contribution in [-0.4, -0.2) is 41.3 Å². The number of nitrogens with one attached hydrogen (secondary N) is 1. The van der Waals surface area contributed by atoms with Gasteiger partial charge in [0.05, 0.1) is 11.8 Å². The van der Waals surface area contributed by atoms with Crippen molar-refractivity contribution in [1.29, 1.82) is 0 Å². The molecule has 5 nitrogen and oxygen atoms in total. The predicted octanol–water partition coefficient (Wildman–Crippen LogP) is 2.87. The lowest BCUT2D eigenvalue weighted by Gasteiger charge is -2.17. The summed E-state index contributed by atoms with van der Waals surface area (Å²) in [7, 11) is 2.07. The Morgan fingerprint density at radius 3 is 2.48 bits per heavy atom. The molecule has 0 bridgehead atoms. The molecule has 0 amide bonds. The molecule has 2 aromatic rings. The van der Waals surface area contributed by atoms with Crippen molar-refractivity contribution in [1.82, 2.24) is 15.1 Å². The van der Waals surface area contributed by atoms with E-state index in [0.29, 0.717) is 6.54 Å². The van der Waals surface area contributed by atoms with E-state index in [0.717, 1.165) is 41.2 Å². The van der Waals surface area contributed by atoms with Gasteiger partial charge in [0.1, 0.15) is 5.75 Å². The first-order chi connectivity index (χ1) is 10.9. The number of likely N-dealkylation sites (N-methyl/N-ethyl adjacent to an activating group) is 1. The molecule has 3 N–H and O–H groups in total. The van der Waals surface area contributed by atoms with Crippen LogP contribution in [0.1, 0.15) is 30.5 Å². The molecule has 0 fully saturated rings. The highest BCUT2D eigenvalue weighted by Gasteiger charge is 2.14. The van der Waals surface area contributed by atoms with Gasteiger partial charge in [-0.1, -0.05) is 0 Å². The second-order valence-electron chi connectivity index (χ2n) is 6.39. The van der Waals surface area contributed by atoms with Crippen molar-refractivity contribution >= 4 is 0 Å². The first-order valence-electron chi connectivity index (χ1n) is 8.12. The molecule has 0 aliphatic carbocycles. The lowest BCUT2D eigenvalue weighted by atomic mass is 10.0. The first-order valence-corrected chi connectivity index (χ1v) is 8.12. The van der Waals surface area contributed by atoms with Crippen molar-refractivity contribution in [2.45, 2.75) is 40.3 Å². The fraction of sp³-hybridized carbons (Fsp3) is 0.500. The van der Waals surface area contributed by atoms with Gasteiger partial charge in [0.25, 0.3) is 0 Å². The van der Waals surface area contributed by atoms with Crippen molar-refractivity contribution < 1.29 is 4.74 Å². The molecule has 0 aliphatic rings. The molecule has 0 spiro atoms. The average molecular weight is 316 g/mol. The molecule has 0 radical (unpaired) electrons. The molecule has 0 saturated carbocycles. The number of aryl methyl sites for hydroxylation is 2. The van der Waals surface area contributed by atoms with Gasteiger partial charge in [0.2, 0.25) is 0 Å². The summed E-state index contributed by atoms with van der Waals surface area (Å²) in [5.41, 5.74) is 11.2. The van der Waals surface area contributed by atoms with E-state index >= 15 is 0 Å². The lowest BCUT2D eigenvalue weighted by molar-refractivity contribution is 0.239. The number of rotatable bonds is 7. The number of aromatic nitrogens is 2. The molecule has 5 heteroatoms. The highest BCUT2D eigenvalue weighted by atomic mass is 16.5. The van der Waals surface area contributed by atoms with Gasteiger partial charge in [-0.15, -0.1) is 0 Å². The van der Waals surface area contributed by atoms with Crippen LogP contribution in [0.25, 0.3) is 11.3 Å². The maximum atomic E-state index is 5.92. The van der Waals surface area contributed by atoms with Crippen molar-refractivity contribution in [3.05, 3.63) is 35.0 Å². The number of hydrogen-bond donors (Lipinski definition) is 2. The highest BCUT2D eigenvalue weighted by Crippen LogP contribution is 2.31. The topological polar surface area (TPSA) is 67.2 Å². The summed E-state index contributed by atoms with van der Waals surface area (Å²) in [6.45, 7) is 10.6. The maximum Gasteiger partial charge on any atom is 0.125 e. The zero-order valence-corrected chi connectivity index (χ0v) is 14.8. The number of H-pyrrole nitrogens is 1. The third-order valence-electron chi connectivity index (χ3n) is 3.76. The Balaban J connectivity index is 2.31. The number of nitrogens with two attached hydrogens (primary N) is 1. The average Bonchev–Trinajstić information content (AvgIpc) is 2.90. The van der Waals surface area contributed by atoms with Crippen molar-refractivity contribution in [2.24, 2.45) is 5.73 Å². The summed E-state index contributed by atoms with van der Waals surface area (Å²) in [5.74, 6) is 0.973. The van der Waals surface area contributed by atoms with Crippen LogP contribution in [0.4, 0.5) is 0 Å². The SMILES string of the molecule is Cc1cc(-c2n[nH]cc2CN(C)CCN)cc(C)c1OC(C)C. The molecule has 126 valence electrons. The van der Waals surface area contributed by atoms with Crippen LogP contribution in [-0.2, 0) is 6.54 Å². The standard InChI is InChI=1S/C18H28N4O/c1-12(2)23-18-13(3)8-15(9-14(18)4)17-16(10-20-21-17)11-22(5)7-6-19/h8-10,12H,6-7,11,19H2,1-5H3,(H,20,21). The van der Waals surface area contributed by atoms with Gasteiger partial charge in [-0.2, -0.15) is 5.10 Å². The predicted molar refractivity (Wildman–Crippen MR) is 94.7 cm³/mol. The van der Waals surface area contributed by atoms with Crippen LogP contribution in [0.15, 0.2) is 18.3 Å². The minimum Gasteiger partial charge on any atom is -0.490 e. The van der Waals surface area contributed by atoms with E-state index < -0.39 is 0 Å². The molecule has 2 rings (SSSR count). The van der Waals surface area contributed by atoms with Crippen LogP contribution in [0, 0.1) is 13.8 Å². The zero-order valence-electron chi connectivity index (χ0n) is 14.8. The lowest BCUT2D eigenvalue weighted by Crippen LogP contribution is -2.25. The molecule has 1 aromatic heterocycles. The Hall–Kier alpha value is -1.85. The summed E-state index contributed by atoms with van der Waals surface area (Å²) < 4.78 is 5.92. The molecule has 1 heterocycles. The normalized spacial score (nSPS) is 11.5. The molecular weight excluding hydrogens is 288 g/mol. The van der Waals surface area contributed by atoms with Crippen molar-refractivity contribution in [3.8, 4) is 17.0 Å². The van der Waals surface area contributed by atoms with Gasteiger partial charge >= 0.3 is 0 Å². The first kappa shape index (κ1) is 17.5. The summed E-state index contributed by atoms with van der Waals surface area (Å²) in [5, 5.41) is 7.44. The Kier molecular flexibility index (Phi) is 5.80. The Bertz CT molecular complexity index is 625. The summed E-state index contributed by atoms with van der Waals surface area (Å²) >= 11 is 0. The number of aromatic amines is 1. The van der Waals surface area contributed by atoms with Gasteiger partial charge in [0.15, 0.2) is 0 Å². The smallest absolute Gasteiger partial charge is 0.125 e. The minimum absolute atomic E-state index is 0.170. The Morgan fingerprint density at radius 2 is 1.91 bits per heavy atom. The van der Waals surface area contributed by atoms with Gasteiger partial charge < -0.3 is 15.4 Å². The quantitative estimate of drug-likeness (QED) is 0.824. The van der Waals surface area contributed by atoms with E-state index in [1.54, 1.807) is 0 Å². The monoisotopic (exact) mass is 316 g/mol. The number of benzene rings is 1. The number of ether oxygens (including phenoxy) is 1. The number of nitrogens with zero attached hydrogens (tertiary/aromatic N) is 2. The highest BCUT2D eigenvalue weighted by molar-refractivity contribution is 5.66. The van der Waals surface area contributed by atoms with Crippen LogP contribution < -0.4 is 10.5 Å². The van der Waals surface area contributed by atoms with Gasteiger partial charge in [-0.05, 0) is 58.0 Å². The minimum atomic E-state index is 0.170. The second kappa shape index (κ2) is 7.62. The third-order valence-corrected chi connectivity index (χ3v) is 3.76. The van der Waals surface area contributed by atoms with Crippen LogP contribution in [0.5, 0.6) is 5.75 Å². The Labute approximate surface area is 138 Å². The van der Waals surface area contributed by atoms with E-state index in [1.165, 1.54) is 5.56 Å². The van der Waals surface area contributed by atoms with Crippen molar-refractivity contribution in [2.75, 3.05) is 20.1 Å². The second-order valence-corrected chi connectivity index (χ2v) is 6.39. The molecule has 0 unspecified atom stereocenters. The van der Waals surface area contributed by atoms with E-state index in [-0.39, 0.29) is 6.10 Å². The number of hydrogen-bond acceptors (Lipinski definition) is 4. The summed E-state index contributed by atoms with van der Waals surface area (Å²) in [6, 6.07) is 4.29. The van der Waals surface area contributed by atoms with Gasteiger partial charge in [-0.3, -0.25) is 5.10 Å². The van der Waals surface area contributed by atoms with Crippen molar-refractivity contribution in [3.63, 3.8) is 0 Å². The maximum absolute atomic E-state index is 5.92. The molecule has 1 aromatic carbocycles. The van der Waals surface area contributed by atoms with Crippen LogP contribution in [0.2, 0.25) is 0 Å². The molecule has 0 aliphatic heterocycles. The summed E-state index contributed by atoms with van der Waals surface area (Å²) in [4.78, 5) is 2.20. The largest absolute Gasteiger partial charge is 0.490 e. The molecule has 23 heavy (non-hydrogen) atoms. The summed E-state index contributed by atoms with van der Waals surface area (Å²) in [6.07, 6.45) is 2.13. The molecule has 0 saturated heterocycles. The fourth-order valence-corrected chi connectivity index (χ4v) is 2.78. The van der Waals surface area contributed by atoms with E-state index in [9.17, 15) is 0 Å². The zero-order chi connectivity index (χ0) is 17.0. The fourth-order valence-electron chi connectivity index (χ4n) is 2.78. The van der Waals surface area contributed by atoms with E-state index in [1.807, 2.05) is 20.0 Å². The van der Waals surface area contributed by atoms with E-state index in [4.69, 9.17) is 10.5 Å².